The third kappa shape index (κ3) is 4.83. The Morgan fingerprint density at radius 2 is 2.07 bits per heavy atom. The second-order valence-corrected chi connectivity index (χ2v) is 5.45. The first-order chi connectivity index (χ1) is 6.41. The third-order valence-electron chi connectivity index (χ3n) is 2.04. The van der Waals surface area contributed by atoms with Crippen molar-refractivity contribution in [3.05, 3.63) is 0 Å². The Morgan fingerprint density at radius 1 is 1.50 bits per heavy atom. The standard InChI is InChI=1S/C9H19NO3S/c1-9(2,7(10)8(12)13)14-6-4-3-5-11/h7,11H,3-6,10H2,1-2H3,(H,12,13)/t7-/m0/s1. The van der Waals surface area contributed by atoms with Gasteiger partial charge in [0.2, 0.25) is 0 Å². The van der Waals surface area contributed by atoms with Crippen molar-refractivity contribution >= 4 is 17.7 Å². The number of nitrogens with two attached hydrogens (primary N) is 1. The second-order valence-electron chi connectivity index (χ2n) is 3.70. The Balaban J connectivity index is 3.88. The van der Waals surface area contributed by atoms with Crippen LogP contribution < -0.4 is 5.73 Å². The quantitative estimate of drug-likeness (QED) is 0.551. The molecule has 0 aromatic rings. The molecule has 0 heterocycles. The lowest BCUT2D eigenvalue weighted by Gasteiger charge is -2.27. The highest BCUT2D eigenvalue weighted by Crippen LogP contribution is 2.28. The monoisotopic (exact) mass is 221 g/mol. The summed E-state index contributed by atoms with van der Waals surface area (Å²) in [4.78, 5) is 10.7. The van der Waals surface area contributed by atoms with Crippen molar-refractivity contribution in [3.63, 3.8) is 0 Å². The Morgan fingerprint density at radius 3 is 2.50 bits per heavy atom. The molecule has 14 heavy (non-hydrogen) atoms. The molecule has 0 aliphatic rings. The highest BCUT2D eigenvalue weighted by Gasteiger charge is 2.32. The summed E-state index contributed by atoms with van der Waals surface area (Å²) in [6.07, 6.45) is 1.64. The number of aliphatic hydroxyl groups is 1. The lowest BCUT2D eigenvalue weighted by Crippen LogP contribution is -2.46. The minimum absolute atomic E-state index is 0.186. The maximum Gasteiger partial charge on any atom is 0.321 e. The summed E-state index contributed by atoms with van der Waals surface area (Å²) >= 11 is 1.54. The van der Waals surface area contributed by atoms with E-state index in [0.717, 1.165) is 18.6 Å². The summed E-state index contributed by atoms with van der Waals surface area (Å²) in [6, 6.07) is -0.846. The molecular formula is C9H19NO3S. The summed E-state index contributed by atoms with van der Waals surface area (Å²) in [5.41, 5.74) is 5.54. The van der Waals surface area contributed by atoms with Crippen LogP contribution in [0.5, 0.6) is 0 Å². The Bertz CT molecular complexity index is 185. The molecule has 5 heteroatoms. The van der Waals surface area contributed by atoms with Crippen molar-refractivity contribution in [1.29, 1.82) is 0 Å². The Labute approximate surface area is 88.9 Å². The van der Waals surface area contributed by atoms with Gasteiger partial charge in [0.15, 0.2) is 0 Å². The van der Waals surface area contributed by atoms with Gasteiger partial charge in [0.05, 0.1) is 0 Å². The number of aliphatic hydroxyl groups excluding tert-OH is 1. The maximum atomic E-state index is 10.7. The van der Waals surface area contributed by atoms with Crippen LogP contribution in [-0.2, 0) is 4.79 Å². The molecule has 0 saturated carbocycles. The van der Waals surface area contributed by atoms with E-state index in [1.54, 1.807) is 0 Å². The van der Waals surface area contributed by atoms with E-state index in [2.05, 4.69) is 0 Å². The summed E-state index contributed by atoms with van der Waals surface area (Å²) in [5.74, 6) is -0.140. The van der Waals surface area contributed by atoms with Crippen molar-refractivity contribution in [3.8, 4) is 0 Å². The van der Waals surface area contributed by atoms with E-state index < -0.39 is 16.8 Å². The summed E-state index contributed by atoms with van der Waals surface area (Å²) in [6.45, 7) is 3.84. The van der Waals surface area contributed by atoms with Crippen LogP contribution in [0.1, 0.15) is 26.7 Å². The molecule has 0 aliphatic heterocycles. The lowest BCUT2D eigenvalue weighted by molar-refractivity contribution is -0.139. The molecule has 0 unspecified atom stereocenters. The van der Waals surface area contributed by atoms with Crippen LogP contribution in [0.2, 0.25) is 0 Å². The van der Waals surface area contributed by atoms with Crippen LogP contribution in [0, 0.1) is 0 Å². The van der Waals surface area contributed by atoms with Gasteiger partial charge in [-0.15, -0.1) is 0 Å². The van der Waals surface area contributed by atoms with Gasteiger partial charge in [-0.3, -0.25) is 4.79 Å². The predicted octanol–water partition coefficient (Wildman–Crippen LogP) is 0.683. The first kappa shape index (κ1) is 13.7. The normalized spacial score (nSPS) is 14.0. The van der Waals surface area contributed by atoms with Crippen molar-refractivity contribution in [2.45, 2.75) is 37.5 Å². The van der Waals surface area contributed by atoms with Gasteiger partial charge in [0.25, 0.3) is 0 Å². The van der Waals surface area contributed by atoms with Crippen LogP contribution in [0.4, 0.5) is 0 Å². The highest BCUT2D eigenvalue weighted by molar-refractivity contribution is 8.00. The highest BCUT2D eigenvalue weighted by atomic mass is 32.2. The third-order valence-corrected chi connectivity index (χ3v) is 3.53. The van der Waals surface area contributed by atoms with E-state index in [1.165, 1.54) is 11.8 Å². The summed E-state index contributed by atoms with van der Waals surface area (Å²) < 4.78 is -0.457. The largest absolute Gasteiger partial charge is 0.480 e. The van der Waals surface area contributed by atoms with Gasteiger partial charge in [-0.25, -0.2) is 0 Å². The van der Waals surface area contributed by atoms with Crippen LogP contribution >= 0.6 is 11.8 Å². The fraction of sp³-hybridized carbons (Fsp3) is 0.889. The number of rotatable bonds is 7. The number of carboxylic acids is 1. The van der Waals surface area contributed by atoms with Crippen molar-refractivity contribution < 1.29 is 15.0 Å². The van der Waals surface area contributed by atoms with Gasteiger partial charge in [-0.2, -0.15) is 11.8 Å². The first-order valence-electron chi connectivity index (χ1n) is 4.65. The van der Waals surface area contributed by atoms with E-state index >= 15 is 0 Å². The summed E-state index contributed by atoms with van der Waals surface area (Å²) in [5, 5.41) is 17.3. The van der Waals surface area contributed by atoms with E-state index in [1.807, 2.05) is 13.8 Å². The van der Waals surface area contributed by atoms with Gasteiger partial charge < -0.3 is 15.9 Å². The first-order valence-corrected chi connectivity index (χ1v) is 5.63. The molecule has 0 rings (SSSR count). The number of unbranched alkanes of at least 4 members (excludes halogenated alkanes) is 1. The number of carboxylic acid groups (broad SMARTS) is 1. The maximum absolute atomic E-state index is 10.7. The fourth-order valence-electron chi connectivity index (χ4n) is 0.936. The zero-order valence-corrected chi connectivity index (χ0v) is 9.51. The molecule has 0 fully saturated rings. The van der Waals surface area contributed by atoms with Gasteiger partial charge in [-0.1, -0.05) is 0 Å². The molecule has 0 aliphatic carbocycles. The molecule has 0 aromatic heterocycles. The molecular weight excluding hydrogens is 202 g/mol. The molecule has 0 bridgehead atoms. The number of carbonyl (C=O) groups is 1. The smallest absolute Gasteiger partial charge is 0.321 e. The summed E-state index contributed by atoms with van der Waals surface area (Å²) in [7, 11) is 0. The van der Waals surface area contributed by atoms with E-state index in [0.29, 0.717) is 0 Å². The average molecular weight is 221 g/mol. The van der Waals surface area contributed by atoms with Crippen LogP contribution in [0.15, 0.2) is 0 Å². The molecule has 0 aromatic carbocycles. The average Bonchev–Trinajstić information content (AvgIpc) is 2.11. The molecule has 0 amide bonds. The van der Waals surface area contributed by atoms with Gasteiger partial charge >= 0.3 is 5.97 Å². The lowest BCUT2D eigenvalue weighted by atomic mass is 10.1. The van der Waals surface area contributed by atoms with Crippen molar-refractivity contribution in [1.82, 2.24) is 0 Å². The minimum atomic E-state index is -0.968. The van der Waals surface area contributed by atoms with Gasteiger partial charge in [0.1, 0.15) is 6.04 Å². The zero-order valence-electron chi connectivity index (χ0n) is 8.69. The number of thioether (sulfide) groups is 1. The van der Waals surface area contributed by atoms with Crippen molar-refractivity contribution in [2.75, 3.05) is 12.4 Å². The molecule has 1 atom stereocenters. The van der Waals surface area contributed by atoms with E-state index in [-0.39, 0.29) is 6.61 Å². The van der Waals surface area contributed by atoms with Gasteiger partial charge in [0, 0.05) is 11.4 Å². The minimum Gasteiger partial charge on any atom is -0.480 e. The van der Waals surface area contributed by atoms with E-state index in [9.17, 15) is 4.79 Å². The molecule has 0 saturated heterocycles. The Kier molecular flexibility index (Phi) is 6.15. The number of aliphatic carboxylic acids is 1. The molecule has 0 spiro atoms. The molecule has 84 valence electrons. The number of hydrogen-bond acceptors (Lipinski definition) is 4. The SMILES string of the molecule is CC(C)(SCCCCO)[C@@H](N)C(=O)O. The fourth-order valence-corrected chi connectivity index (χ4v) is 2.09. The van der Waals surface area contributed by atoms with Crippen LogP contribution in [0.25, 0.3) is 0 Å². The Hall–Kier alpha value is -0.260. The van der Waals surface area contributed by atoms with Crippen molar-refractivity contribution in [2.24, 2.45) is 5.73 Å². The van der Waals surface area contributed by atoms with E-state index in [4.69, 9.17) is 15.9 Å². The predicted molar refractivity (Wildman–Crippen MR) is 58.5 cm³/mol. The molecule has 4 nitrogen and oxygen atoms in total. The second kappa shape index (κ2) is 6.27. The molecule has 0 radical (unpaired) electrons. The zero-order chi connectivity index (χ0) is 11.2. The van der Waals surface area contributed by atoms with Gasteiger partial charge in [-0.05, 0) is 32.4 Å². The molecule has 4 N–H and O–H groups in total. The number of hydrogen-bond donors (Lipinski definition) is 3. The topological polar surface area (TPSA) is 83.5 Å². The van der Waals surface area contributed by atoms with Crippen LogP contribution in [0.3, 0.4) is 0 Å². The van der Waals surface area contributed by atoms with Crippen LogP contribution in [-0.4, -0.2) is 39.3 Å².